The van der Waals surface area contributed by atoms with Crippen molar-refractivity contribution >= 4 is 29.2 Å². The van der Waals surface area contributed by atoms with E-state index in [-0.39, 0.29) is 44.9 Å². The Hall–Kier alpha value is -3.41. The first kappa shape index (κ1) is 20.9. The second kappa shape index (κ2) is 8.08. The van der Waals surface area contributed by atoms with Crippen molar-refractivity contribution in [3.8, 4) is 0 Å². The summed E-state index contributed by atoms with van der Waals surface area (Å²) < 4.78 is 0. The van der Waals surface area contributed by atoms with Crippen molar-refractivity contribution in [2.24, 2.45) is 0 Å². The summed E-state index contributed by atoms with van der Waals surface area (Å²) in [7, 11) is 1.38. The highest BCUT2D eigenvalue weighted by molar-refractivity contribution is 6.22. The number of carbonyl (C=O) groups is 5. The van der Waals surface area contributed by atoms with Gasteiger partial charge in [-0.05, 0) is 38.1 Å². The van der Waals surface area contributed by atoms with Crippen LogP contribution in [-0.4, -0.2) is 41.1 Å². The molecule has 0 saturated carbocycles. The Bertz CT molecular complexity index is 1020. The van der Waals surface area contributed by atoms with Crippen LogP contribution in [0.2, 0.25) is 0 Å². The smallest absolute Gasteiger partial charge is 0.261 e. The minimum absolute atomic E-state index is 0.176. The summed E-state index contributed by atoms with van der Waals surface area (Å²) in [6.07, 6.45) is 0. The molecule has 0 N–H and O–H groups in total. The molecular weight excluding hydrogens is 358 g/mol. The Labute approximate surface area is 163 Å². The van der Waals surface area contributed by atoms with Gasteiger partial charge in [0, 0.05) is 29.3 Å². The van der Waals surface area contributed by atoms with E-state index in [2.05, 4.69) is 0 Å². The van der Waals surface area contributed by atoms with Crippen molar-refractivity contribution in [2.45, 2.75) is 27.7 Å². The molecule has 1 aliphatic rings. The van der Waals surface area contributed by atoms with Gasteiger partial charge in [0.2, 0.25) is 0 Å². The number of rotatable bonds is 4. The van der Waals surface area contributed by atoms with Crippen molar-refractivity contribution in [1.82, 2.24) is 4.90 Å². The molecule has 2 aromatic carbocycles. The lowest BCUT2D eigenvalue weighted by Crippen LogP contribution is -2.24. The molecule has 0 radical (unpaired) electrons. The zero-order valence-corrected chi connectivity index (χ0v) is 16.5. The van der Waals surface area contributed by atoms with E-state index >= 15 is 0 Å². The summed E-state index contributed by atoms with van der Waals surface area (Å²) in [6.45, 7) is 6.68. The molecule has 3 rings (SSSR count). The first-order valence-corrected chi connectivity index (χ1v) is 8.89. The number of ketones is 3. The largest absolute Gasteiger partial charge is 0.294 e. The minimum Gasteiger partial charge on any atom is -0.294 e. The van der Waals surface area contributed by atoms with E-state index in [0.29, 0.717) is 0 Å². The number of nitrogens with zero attached hydrogens (tertiary/aromatic N) is 1. The SMILES string of the molecule is CC.CC(=O)c1ccc(C(=O)c2ccc3c(c2)C(=O)N(C)C3=O)cc1C(C)=O. The lowest BCUT2D eigenvalue weighted by molar-refractivity contribution is 0.0692. The van der Waals surface area contributed by atoms with Gasteiger partial charge in [0.1, 0.15) is 0 Å². The van der Waals surface area contributed by atoms with Gasteiger partial charge < -0.3 is 0 Å². The molecule has 0 aromatic heterocycles. The number of Topliss-reactive ketones (excluding diaryl/α,β-unsaturated/α-hetero) is 2. The summed E-state index contributed by atoms with van der Waals surface area (Å²) >= 11 is 0. The van der Waals surface area contributed by atoms with Gasteiger partial charge in [-0.2, -0.15) is 0 Å². The van der Waals surface area contributed by atoms with Gasteiger partial charge in [0.05, 0.1) is 11.1 Å². The quantitative estimate of drug-likeness (QED) is 0.598. The minimum atomic E-state index is -0.462. The van der Waals surface area contributed by atoms with Crippen molar-refractivity contribution in [1.29, 1.82) is 0 Å². The zero-order valence-electron chi connectivity index (χ0n) is 16.5. The fourth-order valence-corrected chi connectivity index (χ4v) is 2.95. The lowest BCUT2D eigenvalue weighted by Gasteiger charge is -2.08. The van der Waals surface area contributed by atoms with E-state index in [9.17, 15) is 24.0 Å². The maximum atomic E-state index is 12.8. The van der Waals surface area contributed by atoms with Crippen LogP contribution in [0.4, 0.5) is 0 Å². The third-order valence-corrected chi connectivity index (χ3v) is 4.39. The molecule has 0 fully saturated rings. The highest BCUT2D eigenvalue weighted by atomic mass is 16.2. The molecule has 0 spiro atoms. The van der Waals surface area contributed by atoms with Crippen LogP contribution in [-0.2, 0) is 0 Å². The first-order chi connectivity index (χ1) is 13.2. The molecule has 1 heterocycles. The Morgan fingerprint density at radius 1 is 0.714 bits per heavy atom. The van der Waals surface area contributed by atoms with Crippen LogP contribution in [0.1, 0.15) is 85.0 Å². The van der Waals surface area contributed by atoms with Crippen LogP contribution in [0, 0.1) is 0 Å². The third kappa shape index (κ3) is 3.53. The average molecular weight is 379 g/mol. The van der Waals surface area contributed by atoms with Gasteiger partial charge in [-0.3, -0.25) is 28.9 Å². The molecule has 28 heavy (non-hydrogen) atoms. The number of fused-ring (bicyclic) bond motifs is 1. The number of hydrogen-bond acceptors (Lipinski definition) is 5. The van der Waals surface area contributed by atoms with Crippen LogP contribution < -0.4 is 0 Å². The fraction of sp³-hybridized carbons (Fsp3) is 0.227. The Balaban J connectivity index is 0.00000136. The second-order valence-corrected chi connectivity index (χ2v) is 6.13. The Kier molecular flexibility index (Phi) is 6.03. The maximum Gasteiger partial charge on any atom is 0.261 e. The molecule has 2 amide bonds. The predicted molar refractivity (Wildman–Crippen MR) is 104 cm³/mol. The van der Waals surface area contributed by atoms with Crippen molar-refractivity contribution < 1.29 is 24.0 Å². The third-order valence-electron chi connectivity index (χ3n) is 4.39. The van der Waals surface area contributed by atoms with Gasteiger partial charge in [0.25, 0.3) is 11.8 Å². The van der Waals surface area contributed by atoms with Crippen LogP contribution in [0.5, 0.6) is 0 Å². The van der Waals surface area contributed by atoms with Crippen molar-refractivity contribution in [3.63, 3.8) is 0 Å². The standard InChI is InChI=1S/C20H15NO5.C2H6/c1-10(22)14-6-4-12(8-16(14)11(2)23)18(24)13-5-7-15-17(9-13)20(26)21(3)19(15)25;1-2/h4-9H,1-3H3;1-2H3. The fourth-order valence-electron chi connectivity index (χ4n) is 2.95. The number of hydrogen-bond donors (Lipinski definition) is 0. The molecule has 6 nitrogen and oxygen atoms in total. The number of carbonyl (C=O) groups excluding carboxylic acids is 5. The number of benzene rings is 2. The topological polar surface area (TPSA) is 88.6 Å². The van der Waals surface area contributed by atoms with Crippen LogP contribution in [0.25, 0.3) is 0 Å². The molecule has 144 valence electrons. The van der Waals surface area contributed by atoms with Gasteiger partial charge in [-0.1, -0.05) is 26.0 Å². The molecular formula is C22H21NO5. The number of amides is 2. The van der Waals surface area contributed by atoms with Gasteiger partial charge in [0.15, 0.2) is 17.3 Å². The highest BCUT2D eigenvalue weighted by Gasteiger charge is 2.33. The van der Waals surface area contributed by atoms with Crippen molar-refractivity contribution in [3.05, 3.63) is 69.8 Å². The van der Waals surface area contributed by atoms with E-state index in [4.69, 9.17) is 0 Å². The molecule has 0 atom stereocenters. The predicted octanol–water partition coefficient (Wildman–Crippen LogP) is 3.57. The maximum absolute atomic E-state index is 12.8. The molecule has 6 heteroatoms. The second-order valence-electron chi connectivity index (χ2n) is 6.13. The normalized spacial score (nSPS) is 12.2. The molecule has 0 aliphatic carbocycles. The van der Waals surface area contributed by atoms with Crippen LogP contribution >= 0.6 is 0 Å². The summed E-state index contributed by atoms with van der Waals surface area (Å²) in [6, 6.07) is 8.60. The first-order valence-electron chi connectivity index (χ1n) is 8.89. The van der Waals surface area contributed by atoms with Crippen LogP contribution in [0.15, 0.2) is 36.4 Å². The Morgan fingerprint density at radius 2 is 1.21 bits per heavy atom. The van der Waals surface area contributed by atoms with Crippen molar-refractivity contribution in [2.75, 3.05) is 7.05 Å². The molecule has 1 aliphatic heterocycles. The lowest BCUT2D eigenvalue weighted by atomic mass is 9.94. The van der Waals surface area contributed by atoms with E-state index in [0.717, 1.165) is 4.90 Å². The highest BCUT2D eigenvalue weighted by Crippen LogP contribution is 2.24. The average Bonchev–Trinajstić information content (AvgIpc) is 2.92. The van der Waals surface area contributed by atoms with E-state index in [1.165, 1.54) is 57.3 Å². The molecule has 0 unspecified atom stereocenters. The zero-order chi connectivity index (χ0) is 21.2. The number of imide groups is 1. The van der Waals surface area contributed by atoms with E-state index < -0.39 is 17.6 Å². The van der Waals surface area contributed by atoms with Gasteiger partial charge >= 0.3 is 0 Å². The Morgan fingerprint density at radius 3 is 1.79 bits per heavy atom. The monoisotopic (exact) mass is 379 g/mol. The van der Waals surface area contributed by atoms with E-state index in [1.54, 1.807) is 0 Å². The van der Waals surface area contributed by atoms with E-state index in [1.807, 2.05) is 13.8 Å². The van der Waals surface area contributed by atoms with Crippen LogP contribution in [0.3, 0.4) is 0 Å². The molecule has 2 aromatic rings. The van der Waals surface area contributed by atoms with Gasteiger partial charge in [-0.25, -0.2) is 0 Å². The van der Waals surface area contributed by atoms with Gasteiger partial charge in [-0.15, -0.1) is 0 Å². The summed E-state index contributed by atoms with van der Waals surface area (Å²) in [5.74, 6) is -1.86. The summed E-state index contributed by atoms with van der Waals surface area (Å²) in [4.78, 5) is 61.2. The molecule has 0 saturated heterocycles. The summed E-state index contributed by atoms with van der Waals surface area (Å²) in [5, 5.41) is 0. The summed E-state index contributed by atoms with van der Waals surface area (Å²) in [5.41, 5.74) is 1.32. The molecule has 0 bridgehead atoms.